The molecule has 1 heterocycles. The highest BCUT2D eigenvalue weighted by molar-refractivity contribution is 7.80. The van der Waals surface area contributed by atoms with Crippen LogP contribution in [0.5, 0.6) is 0 Å². The molecular weight excluding hydrogens is 178 g/mol. The Hall–Kier alpha value is 0.310. The monoisotopic (exact) mass is 201 g/mol. The van der Waals surface area contributed by atoms with Crippen molar-refractivity contribution in [3.05, 3.63) is 0 Å². The van der Waals surface area contributed by atoms with Gasteiger partial charge in [0, 0.05) is 12.6 Å². The van der Waals surface area contributed by atoms with Crippen LogP contribution in [0.1, 0.15) is 40.0 Å². The zero-order chi connectivity index (χ0) is 9.90. The second kappa shape index (κ2) is 4.70. The lowest BCUT2D eigenvalue weighted by Crippen LogP contribution is -2.38. The average molecular weight is 201 g/mol. The van der Waals surface area contributed by atoms with E-state index in [2.05, 4.69) is 38.3 Å². The van der Waals surface area contributed by atoms with Gasteiger partial charge in [0.05, 0.1) is 0 Å². The second-order valence-corrected chi connectivity index (χ2v) is 5.31. The van der Waals surface area contributed by atoms with Crippen LogP contribution < -0.4 is 0 Å². The fourth-order valence-corrected chi connectivity index (χ4v) is 2.27. The van der Waals surface area contributed by atoms with E-state index in [1.807, 2.05) is 0 Å². The van der Waals surface area contributed by atoms with Crippen LogP contribution in [-0.4, -0.2) is 29.8 Å². The molecule has 13 heavy (non-hydrogen) atoms. The molecule has 0 aromatic carbocycles. The minimum Gasteiger partial charge on any atom is -0.300 e. The molecule has 0 N–H and O–H groups in total. The number of hydrogen-bond donors (Lipinski definition) is 1. The van der Waals surface area contributed by atoms with Crippen molar-refractivity contribution in [3.8, 4) is 0 Å². The average Bonchev–Trinajstić information content (AvgIpc) is 2.51. The minimum absolute atomic E-state index is 0.376. The third-order valence-electron chi connectivity index (χ3n) is 3.03. The first-order chi connectivity index (χ1) is 6.09. The highest BCUT2D eigenvalue weighted by Crippen LogP contribution is 2.26. The molecule has 0 aromatic heterocycles. The molecule has 1 rings (SSSR count). The van der Waals surface area contributed by atoms with Gasteiger partial charge in [-0.25, -0.2) is 0 Å². The predicted octanol–water partition coefficient (Wildman–Crippen LogP) is 2.82. The first-order valence-electron chi connectivity index (χ1n) is 5.44. The summed E-state index contributed by atoms with van der Waals surface area (Å²) in [4.78, 5) is 2.65. The molecule has 0 bridgehead atoms. The van der Waals surface area contributed by atoms with Crippen LogP contribution in [-0.2, 0) is 0 Å². The second-order valence-electron chi connectivity index (χ2n) is 5.00. The van der Waals surface area contributed by atoms with Gasteiger partial charge in [0.15, 0.2) is 0 Å². The van der Waals surface area contributed by atoms with Crippen molar-refractivity contribution in [1.82, 2.24) is 4.90 Å². The van der Waals surface area contributed by atoms with Gasteiger partial charge >= 0.3 is 0 Å². The molecule has 0 aromatic rings. The molecule has 1 nitrogen and oxygen atoms in total. The predicted molar refractivity (Wildman–Crippen MR) is 62.5 cm³/mol. The summed E-state index contributed by atoms with van der Waals surface area (Å²) in [6.07, 6.45) is 4.10. The van der Waals surface area contributed by atoms with E-state index in [1.165, 1.54) is 32.4 Å². The van der Waals surface area contributed by atoms with Gasteiger partial charge in [-0.1, -0.05) is 20.8 Å². The number of likely N-dealkylation sites (tertiary alicyclic amines) is 1. The van der Waals surface area contributed by atoms with Crippen molar-refractivity contribution in [3.63, 3.8) is 0 Å². The van der Waals surface area contributed by atoms with Crippen molar-refractivity contribution in [2.24, 2.45) is 5.41 Å². The standard InChI is InChI=1S/C11H23NS/c1-4-10-6-5-7-12(10)8-11(2,3)9-13/h10,13H,4-9H2,1-3H3. The summed E-state index contributed by atoms with van der Waals surface area (Å²) in [5.74, 6) is 0.986. The Kier molecular flexibility index (Phi) is 4.11. The topological polar surface area (TPSA) is 3.24 Å². The van der Waals surface area contributed by atoms with E-state index >= 15 is 0 Å². The van der Waals surface area contributed by atoms with Crippen LogP contribution in [0.2, 0.25) is 0 Å². The first-order valence-corrected chi connectivity index (χ1v) is 6.07. The summed E-state index contributed by atoms with van der Waals surface area (Å²) < 4.78 is 0. The number of rotatable bonds is 4. The summed E-state index contributed by atoms with van der Waals surface area (Å²) >= 11 is 4.41. The maximum absolute atomic E-state index is 4.41. The molecule has 1 aliphatic rings. The highest BCUT2D eigenvalue weighted by Gasteiger charge is 2.28. The molecule has 0 saturated carbocycles. The highest BCUT2D eigenvalue weighted by atomic mass is 32.1. The molecule has 78 valence electrons. The first kappa shape index (κ1) is 11.4. The summed E-state index contributed by atoms with van der Waals surface area (Å²) in [6, 6.07) is 0.846. The van der Waals surface area contributed by atoms with Crippen LogP contribution in [0.4, 0.5) is 0 Å². The van der Waals surface area contributed by atoms with Gasteiger partial charge in [0.2, 0.25) is 0 Å². The quantitative estimate of drug-likeness (QED) is 0.685. The summed E-state index contributed by atoms with van der Waals surface area (Å²) in [6.45, 7) is 9.44. The molecule has 1 saturated heterocycles. The largest absolute Gasteiger partial charge is 0.300 e. The Labute approximate surface area is 88.3 Å². The van der Waals surface area contributed by atoms with Gasteiger partial charge < -0.3 is 0 Å². The van der Waals surface area contributed by atoms with Crippen molar-refractivity contribution in [1.29, 1.82) is 0 Å². The van der Waals surface area contributed by atoms with E-state index in [-0.39, 0.29) is 0 Å². The Morgan fingerprint density at radius 3 is 2.69 bits per heavy atom. The molecule has 0 amide bonds. The SMILES string of the molecule is CCC1CCCN1CC(C)(C)CS. The third kappa shape index (κ3) is 3.17. The maximum Gasteiger partial charge on any atom is 0.00933 e. The Bertz CT molecular complexity index is 156. The number of thiol groups is 1. The Morgan fingerprint density at radius 1 is 1.46 bits per heavy atom. The summed E-state index contributed by atoms with van der Waals surface area (Å²) in [5.41, 5.74) is 0.376. The molecule has 1 atom stereocenters. The van der Waals surface area contributed by atoms with E-state index in [1.54, 1.807) is 0 Å². The lowest BCUT2D eigenvalue weighted by Gasteiger charge is -2.32. The Balaban J connectivity index is 2.43. The van der Waals surface area contributed by atoms with Crippen LogP contribution in [0.3, 0.4) is 0 Å². The van der Waals surface area contributed by atoms with Crippen LogP contribution >= 0.6 is 12.6 Å². The fraction of sp³-hybridized carbons (Fsp3) is 1.00. The Morgan fingerprint density at radius 2 is 2.15 bits per heavy atom. The van der Waals surface area contributed by atoms with E-state index in [0.717, 1.165) is 11.8 Å². The van der Waals surface area contributed by atoms with E-state index in [9.17, 15) is 0 Å². The van der Waals surface area contributed by atoms with Crippen LogP contribution in [0.25, 0.3) is 0 Å². The smallest absolute Gasteiger partial charge is 0.00933 e. The molecule has 2 heteroatoms. The van der Waals surface area contributed by atoms with Crippen molar-refractivity contribution < 1.29 is 0 Å². The molecule has 1 aliphatic heterocycles. The zero-order valence-electron chi connectivity index (χ0n) is 9.21. The molecule has 1 fully saturated rings. The van der Waals surface area contributed by atoms with E-state index in [4.69, 9.17) is 0 Å². The molecular formula is C11H23NS. The minimum atomic E-state index is 0.376. The van der Waals surface area contributed by atoms with Gasteiger partial charge in [-0.05, 0) is 37.0 Å². The van der Waals surface area contributed by atoms with Crippen molar-refractivity contribution in [2.45, 2.75) is 46.1 Å². The van der Waals surface area contributed by atoms with Gasteiger partial charge in [-0.2, -0.15) is 12.6 Å². The maximum atomic E-state index is 4.41. The zero-order valence-corrected chi connectivity index (χ0v) is 10.1. The molecule has 1 unspecified atom stereocenters. The third-order valence-corrected chi connectivity index (χ3v) is 3.89. The van der Waals surface area contributed by atoms with Gasteiger partial charge in [-0.15, -0.1) is 0 Å². The van der Waals surface area contributed by atoms with E-state index < -0.39 is 0 Å². The summed E-state index contributed by atoms with van der Waals surface area (Å²) in [7, 11) is 0. The van der Waals surface area contributed by atoms with Crippen LogP contribution in [0, 0.1) is 5.41 Å². The summed E-state index contributed by atoms with van der Waals surface area (Å²) in [5, 5.41) is 0. The normalized spacial score (nSPS) is 25.4. The van der Waals surface area contributed by atoms with Gasteiger partial charge in [0.25, 0.3) is 0 Å². The molecule has 0 radical (unpaired) electrons. The number of hydrogen-bond acceptors (Lipinski definition) is 2. The molecule has 0 spiro atoms. The van der Waals surface area contributed by atoms with Gasteiger partial charge in [-0.3, -0.25) is 4.90 Å². The van der Waals surface area contributed by atoms with Crippen LogP contribution in [0.15, 0.2) is 0 Å². The van der Waals surface area contributed by atoms with E-state index in [0.29, 0.717) is 5.41 Å². The van der Waals surface area contributed by atoms with Crippen molar-refractivity contribution >= 4 is 12.6 Å². The lowest BCUT2D eigenvalue weighted by atomic mass is 9.95. The fourth-order valence-electron chi connectivity index (χ4n) is 2.17. The number of nitrogens with zero attached hydrogens (tertiary/aromatic N) is 1. The van der Waals surface area contributed by atoms with Crippen molar-refractivity contribution in [2.75, 3.05) is 18.8 Å². The molecule has 0 aliphatic carbocycles. The van der Waals surface area contributed by atoms with Gasteiger partial charge in [0.1, 0.15) is 0 Å². The lowest BCUT2D eigenvalue weighted by molar-refractivity contribution is 0.177.